The molecule has 106 valence electrons. The Bertz CT molecular complexity index is 381. The molecule has 0 spiro atoms. The molecule has 1 unspecified atom stereocenters. The van der Waals surface area contributed by atoms with Gasteiger partial charge in [-0.2, -0.15) is 0 Å². The van der Waals surface area contributed by atoms with Gasteiger partial charge in [-0.1, -0.05) is 30.7 Å². The lowest BCUT2D eigenvalue weighted by atomic mass is 10.0. The summed E-state index contributed by atoms with van der Waals surface area (Å²) in [5, 5.41) is 3.60. The Morgan fingerprint density at radius 1 is 1.26 bits per heavy atom. The second-order valence-corrected chi connectivity index (χ2v) is 5.46. The van der Waals surface area contributed by atoms with E-state index in [4.69, 9.17) is 4.74 Å². The van der Waals surface area contributed by atoms with E-state index < -0.39 is 0 Å². The van der Waals surface area contributed by atoms with E-state index in [2.05, 4.69) is 41.5 Å². The molecular weight excluding hydrogens is 236 g/mol. The van der Waals surface area contributed by atoms with E-state index in [0.29, 0.717) is 12.6 Å². The molecule has 1 heterocycles. The molecule has 1 aromatic carbocycles. The topological polar surface area (TPSA) is 24.5 Å². The Balaban J connectivity index is 1.81. The number of nitrogens with one attached hydrogen (secondary N) is 1. The average molecular weight is 262 g/mol. The van der Waals surface area contributed by atoms with Gasteiger partial charge in [0.2, 0.25) is 0 Å². The van der Waals surface area contributed by atoms with E-state index in [0.717, 1.165) is 13.1 Å². The summed E-state index contributed by atoms with van der Waals surface area (Å²) in [6.45, 7) is 3.95. The fraction of sp³-hybridized carbons (Fsp3) is 0.625. The molecule has 19 heavy (non-hydrogen) atoms. The second-order valence-electron chi connectivity index (χ2n) is 5.46. The SMILES string of the molecule is COCc1ccccc1CNCC1CCCCN1C. The summed E-state index contributed by atoms with van der Waals surface area (Å²) in [6, 6.07) is 9.21. The molecule has 1 aliphatic heterocycles. The molecule has 0 aromatic heterocycles. The van der Waals surface area contributed by atoms with Crippen LogP contribution in [0.25, 0.3) is 0 Å². The fourth-order valence-electron chi connectivity index (χ4n) is 2.80. The van der Waals surface area contributed by atoms with Crippen molar-refractivity contribution in [3.8, 4) is 0 Å². The maximum absolute atomic E-state index is 5.25. The lowest BCUT2D eigenvalue weighted by molar-refractivity contribution is 0.179. The molecule has 2 rings (SSSR count). The quantitative estimate of drug-likeness (QED) is 0.852. The molecule has 1 N–H and O–H groups in total. The second kappa shape index (κ2) is 7.63. The first-order chi connectivity index (χ1) is 9.31. The highest BCUT2D eigenvalue weighted by Gasteiger charge is 2.18. The Labute approximate surface area is 116 Å². The van der Waals surface area contributed by atoms with Crippen molar-refractivity contribution in [2.75, 3.05) is 27.2 Å². The lowest BCUT2D eigenvalue weighted by Crippen LogP contribution is -2.42. The number of piperidine rings is 1. The van der Waals surface area contributed by atoms with Gasteiger partial charge in [-0.15, -0.1) is 0 Å². The van der Waals surface area contributed by atoms with Crippen LogP contribution in [0.3, 0.4) is 0 Å². The third-order valence-electron chi connectivity index (χ3n) is 4.04. The smallest absolute Gasteiger partial charge is 0.0716 e. The minimum absolute atomic E-state index is 0.696. The number of likely N-dealkylation sites (tertiary alicyclic amines) is 1. The van der Waals surface area contributed by atoms with Crippen molar-refractivity contribution in [1.82, 2.24) is 10.2 Å². The van der Waals surface area contributed by atoms with Gasteiger partial charge in [-0.05, 0) is 37.6 Å². The van der Waals surface area contributed by atoms with Crippen LogP contribution >= 0.6 is 0 Å². The largest absolute Gasteiger partial charge is 0.380 e. The predicted molar refractivity (Wildman–Crippen MR) is 79.1 cm³/mol. The molecule has 0 bridgehead atoms. The number of hydrogen-bond donors (Lipinski definition) is 1. The van der Waals surface area contributed by atoms with Crippen LogP contribution in [0.4, 0.5) is 0 Å². The van der Waals surface area contributed by atoms with Crippen LogP contribution in [-0.4, -0.2) is 38.2 Å². The molecule has 1 saturated heterocycles. The van der Waals surface area contributed by atoms with Gasteiger partial charge in [0.05, 0.1) is 6.61 Å². The van der Waals surface area contributed by atoms with Crippen molar-refractivity contribution in [2.24, 2.45) is 0 Å². The van der Waals surface area contributed by atoms with Gasteiger partial charge in [-0.25, -0.2) is 0 Å². The third kappa shape index (κ3) is 4.30. The van der Waals surface area contributed by atoms with Crippen LogP contribution in [-0.2, 0) is 17.9 Å². The molecule has 1 atom stereocenters. The minimum Gasteiger partial charge on any atom is -0.380 e. The molecule has 0 saturated carbocycles. The number of nitrogens with zero attached hydrogens (tertiary/aromatic N) is 1. The lowest BCUT2D eigenvalue weighted by Gasteiger charge is -2.32. The average Bonchev–Trinajstić information content (AvgIpc) is 2.43. The van der Waals surface area contributed by atoms with Crippen LogP contribution < -0.4 is 5.32 Å². The Kier molecular flexibility index (Phi) is 5.83. The Hall–Kier alpha value is -0.900. The minimum atomic E-state index is 0.696. The fourth-order valence-corrected chi connectivity index (χ4v) is 2.80. The first-order valence-electron chi connectivity index (χ1n) is 7.28. The highest BCUT2D eigenvalue weighted by molar-refractivity contribution is 5.26. The summed E-state index contributed by atoms with van der Waals surface area (Å²) >= 11 is 0. The number of methoxy groups -OCH3 is 1. The highest BCUT2D eigenvalue weighted by atomic mass is 16.5. The zero-order valence-electron chi connectivity index (χ0n) is 12.2. The normalized spacial score (nSPS) is 20.6. The van der Waals surface area contributed by atoms with Gasteiger partial charge in [-0.3, -0.25) is 0 Å². The third-order valence-corrected chi connectivity index (χ3v) is 4.04. The molecule has 0 radical (unpaired) electrons. The summed E-state index contributed by atoms with van der Waals surface area (Å²) in [7, 11) is 3.99. The molecule has 0 amide bonds. The van der Waals surface area contributed by atoms with Crippen LogP contribution in [0.15, 0.2) is 24.3 Å². The van der Waals surface area contributed by atoms with Crippen molar-refractivity contribution >= 4 is 0 Å². The van der Waals surface area contributed by atoms with Gasteiger partial charge in [0.15, 0.2) is 0 Å². The molecular formula is C16H26N2O. The van der Waals surface area contributed by atoms with Crippen LogP contribution in [0.5, 0.6) is 0 Å². The van der Waals surface area contributed by atoms with E-state index >= 15 is 0 Å². The zero-order chi connectivity index (χ0) is 13.5. The summed E-state index contributed by atoms with van der Waals surface area (Å²) in [5.41, 5.74) is 2.64. The van der Waals surface area contributed by atoms with Crippen molar-refractivity contribution in [3.05, 3.63) is 35.4 Å². The van der Waals surface area contributed by atoms with E-state index in [1.807, 2.05) is 0 Å². The van der Waals surface area contributed by atoms with Crippen LogP contribution in [0.2, 0.25) is 0 Å². The van der Waals surface area contributed by atoms with Gasteiger partial charge in [0.1, 0.15) is 0 Å². The Morgan fingerprint density at radius 3 is 2.79 bits per heavy atom. The van der Waals surface area contributed by atoms with Gasteiger partial charge >= 0.3 is 0 Å². The van der Waals surface area contributed by atoms with Crippen LogP contribution in [0.1, 0.15) is 30.4 Å². The number of ether oxygens (including phenoxy) is 1. The number of likely N-dealkylation sites (N-methyl/N-ethyl adjacent to an activating group) is 1. The predicted octanol–water partition coefficient (Wildman–Crippen LogP) is 2.41. The summed E-state index contributed by atoms with van der Waals surface area (Å²) in [4.78, 5) is 2.48. The van der Waals surface area contributed by atoms with E-state index in [1.165, 1.54) is 36.9 Å². The standard InChI is InChI=1S/C16H26N2O/c1-18-10-6-5-9-16(18)12-17-11-14-7-3-4-8-15(14)13-19-2/h3-4,7-8,16-17H,5-6,9-13H2,1-2H3. The molecule has 1 aliphatic rings. The van der Waals surface area contributed by atoms with Crippen molar-refractivity contribution in [2.45, 2.75) is 38.5 Å². The van der Waals surface area contributed by atoms with Crippen molar-refractivity contribution in [3.63, 3.8) is 0 Å². The van der Waals surface area contributed by atoms with Gasteiger partial charge in [0, 0.05) is 26.2 Å². The first kappa shape index (κ1) is 14.5. The maximum Gasteiger partial charge on any atom is 0.0716 e. The zero-order valence-corrected chi connectivity index (χ0v) is 12.2. The monoisotopic (exact) mass is 262 g/mol. The number of rotatable bonds is 6. The van der Waals surface area contributed by atoms with Crippen LogP contribution in [0, 0.1) is 0 Å². The molecule has 0 aliphatic carbocycles. The van der Waals surface area contributed by atoms with Gasteiger partial charge < -0.3 is 15.0 Å². The van der Waals surface area contributed by atoms with E-state index in [-0.39, 0.29) is 0 Å². The van der Waals surface area contributed by atoms with Crippen molar-refractivity contribution in [1.29, 1.82) is 0 Å². The molecule has 3 nitrogen and oxygen atoms in total. The van der Waals surface area contributed by atoms with E-state index in [1.54, 1.807) is 7.11 Å². The summed E-state index contributed by atoms with van der Waals surface area (Å²) in [6.07, 6.45) is 4.05. The highest BCUT2D eigenvalue weighted by Crippen LogP contribution is 2.14. The maximum atomic E-state index is 5.25. The van der Waals surface area contributed by atoms with Crippen molar-refractivity contribution < 1.29 is 4.74 Å². The number of benzene rings is 1. The number of hydrogen-bond acceptors (Lipinski definition) is 3. The van der Waals surface area contributed by atoms with E-state index in [9.17, 15) is 0 Å². The summed E-state index contributed by atoms with van der Waals surface area (Å²) < 4.78 is 5.25. The summed E-state index contributed by atoms with van der Waals surface area (Å²) in [5.74, 6) is 0. The molecule has 1 aromatic rings. The van der Waals surface area contributed by atoms with Gasteiger partial charge in [0.25, 0.3) is 0 Å². The molecule has 1 fully saturated rings. The first-order valence-corrected chi connectivity index (χ1v) is 7.28. The Morgan fingerprint density at radius 2 is 2.05 bits per heavy atom. The molecule has 3 heteroatoms.